The summed E-state index contributed by atoms with van der Waals surface area (Å²) in [6, 6.07) is -5.95. The lowest BCUT2D eigenvalue weighted by atomic mass is 10.0. The van der Waals surface area contributed by atoms with Crippen molar-refractivity contribution < 1.29 is 44.1 Å². The number of aliphatic hydroxyl groups is 1. The lowest BCUT2D eigenvalue weighted by molar-refractivity contribution is -0.147. The number of nitrogens with one attached hydrogen (secondary N) is 3. The fraction of sp³-hybridized carbons (Fsp3) is 0.625. The first-order valence-electron chi connectivity index (χ1n) is 8.80. The Hall–Kier alpha value is -3.26. The third kappa shape index (κ3) is 9.29. The summed E-state index contributed by atoms with van der Waals surface area (Å²) in [4.78, 5) is 69.9. The number of carbonyl (C=O) groups excluding carboxylic acids is 4. The minimum absolute atomic E-state index is 0.585. The molecule has 0 aromatic rings. The predicted octanol–water partition coefficient (Wildman–Crippen LogP) is -4.15. The van der Waals surface area contributed by atoms with Gasteiger partial charge in [-0.15, -0.1) is 0 Å². The van der Waals surface area contributed by atoms with Gasteiger partial charge < -0.3 is 42.7 Å². The summed E-state index contributed by atoms with van der Waals surface area (Å²) in [6.07, 6.45) is -1.53. The average molecular weight is 433 g/mol. The third-order valence-corrected chi connectivity index (χ3v) is 3.81. The van der Waals surface area contributed by atoms with Crippen LogP contribution in [0.1, 0.15) is 26.7 Å². The smallest absolute Gasteiger partial charge is 0.326 e. The highest BCUT2D eigenvalue weighted by Crippen LogP contribution is 2.05. The molecule has 0 aliphatic heterocycles. The van der Waals surface area contributed by atoms with Gasteiger partial charge in [0.05, 0.1) is 19.4 Å². The van der Waals surface area contributed by atoms with E-state index in [2.05, 4.69) is 10.6 Å². The zero-order valence-corrected chi connectivity index (χ0v) is 16.5. The molecule has 14 nitrogen and oxygen atoms in total. The van der Waals surface area contributed by atoms with Crippen LogP contribution in [0.2, 0.25) is 0 Å². The maximum atomic E-state index is 12.5. The summed E-state index contributed by atoms with van der Waals surface area (Å²) in [5, 5.41) is 33.1. The number of nitrogens with two attached hydrogens (primary N) is 2. The van der Waals surface area contributed by atoms with Crippen molar-refractivity contribution >= 4 is 35.6 Å². The molecule has 0 aromatic carbocycles. The Bertz CT molecular complexity index is 682. The fourth-order valence-corrected chi connectivity index (χ4v) is 2.20. The number of carboxylic acid groups (broad SMARTS) is 2. The Kier molecular flexibility index (Phi) is 11.0. The molecule has 10 N–H and O–H groups in total. The minimum atomic E-state index is -1.74. The van der Waals surface area contributed by atoms with Crippen molar-refractivity contribution in [3.8, 4) is 0 Å². The van der Waals surface area contributed by atoms with Gasteiger partial charge in [0.2, 0.25) is 23.6 Å². The molecule has 170 valence electrons. The Morgan fingerprint density at radius 1 is 0.833 bits per heavy atom. The number of amides is 4. The molecule has 4 unspecified atom stereocenters. The second-order valence-corrected chi connectivity index (χ2v) is 6.75. The number of rotatable bonds is 13. The highest BCUT2D eigenvalue weighted by Gasteiger charge is 2.33. The molecule has 4 atom stereocenters. The zero-order valence-electron chi connectivity index (χ0n) is 16.5. The molecular formula is C16H27N5O9. The molecule has 0 spiro atoms. The van der Waals surface area contributed by atoms with Crippen molar-refractivity contribution in [1.82, 2.24) is 16.0 Å². The third-order valence-electron chi connectivity index (χ3n) is 3.81. The van der Waals surface area contributed by atoms with E-state index in [1.54, 1.807) is 0 Å². The standard InChI is InChI=1S/C16H27N5O9/c1-6(2)12(15(28)20-9(16(29)30)4-11(24)25)21-14(27)8(3-10(18)23)19-13(26)7(17)5-22/h6-9,12,22H,3-5,17H2,1-2H3,(H2,18,23)(H,19,26)(H,20,28)(H,21,27)(H,24,25)(H,29,30). The van der Waals surface area contributed by atoms with Gasteiger partial charge in [-0.05, 0) is 5.92 Å². The first-order chi connectivity index (χ1) is 13.8. The van der Waals surface area contributed by atoms with Crippen molar-refractivity contribution in [3.05, 3.63) is 0 Å². The molecule has 0 aliphatic carbocycles. The molecule has 0 fully saturated rings. The maximum Gasteiger partial charge on any atom is 0.326 e. The number of primary amides is 1. The number of hydrogen-bond acceptors (Lipinski definition) is 8. The van der Waals surface area contributed by atoms with Crippen LogP contribution in [0.5, 0.6) is 0 Å². The lowest BCUT2D eigenvalue weighted by Gasteiger charge is -2.26. The highest BCUT2D eigenvalue weighted by atomic mass is 16.4. The van der Waals surface area contributed by atoms with Gasteiger partial charge in [0.1, 0.15) is 24.2 Å². The zero-order chi connectivity index (χ0) is 23.6. The number of carbonyl (C=O) groups is 6. The molecule has 0 aromatic heterocycles. The molecule has 0 rings (SSSR count). The van der Waals surface area contributed by atoms with Crippen molar-refractivity contribution in [3.63, 3.8) is 0 Å². The van der Waals surface area contributed by atoms with Crippen molar-refractivity contribution in [2.45, 2.75) is 50.9 Å². The molecule has 0 radical (unpaired) electrons. The van der Waals surface area contributed by atoms with Gasteiger partial charge in [-0.2, -0.15) is 0 Å². The van der Waals surface area contributed by atoms with E-state index < -0.39 is 85.1 Å². The first kappa shape index (κ1) is 26.7. The van der Waals surface area contributed by atoms with E-state index in [1.165, 1.54) is 13.8 Å². The van der Waals surface area contributed by atoms with Crippen LogP contribution in [0.3, 0.4) is 0 Å². The van der Waals surface area contributed by atoms with Crippen LogP contribution >= 0.6 is 0 Å². The van der Waals surface area contributed by atoms with Gasteiger partial charge in [-0.25, -0.2) is 4.79 Å². The lowest BCUT2D eigenvalue weighted by Crippen LogP contribution is -2.59. The molecule has 0 heterocycles. The normalized spacial score (nSPS) is 14.7. The van der Waals surface area contributed by atoms with Crippen molar-refractivity contribution in [2.75, 3.05) is 6.61 Å². The Morgan fingerprint density at radius 3 is 1.77 bits per heavy atom. The van der Waals surface area contributed by atoms with Gasteiger partial charge in [0.25, 0.3) is 0 Å². The molecule has 4 amide bonds. The van der Waals surface area contributed by atoms with E-state index >= 15 is 0 Å². The number of aliphatic carboxylic acids is 2. The molecular weight excluding hydrogens is 406 g/mol. The molecule has 0 aliphatic rings. The summed E-state index contributed by atoms with van der Waals surface area (Å²) in [6.45, 7) is 2.30. The van der Waals surface area contributed by atoms with Crippen LogP contribution in [0.15, 0.2) is 0 Å². The quantitative estimate of drug-likeness (QED) is 0.139. The Morgan fingerprint density at radius 2 is 1.37 bits per heavy atom. The van der Waals surface area contributed by atoms with Crippen LogP contribution < -0.4 is 27.4 Å². The number of aliphatic hydroxyl groups excluding tert-OH is 1. The molecule has 14 heteroatoms. The van der Waals surface area contributed by atoms with Crippen LogP contribution in [-0.2, 0) is 28.8 Å². The predicted molar refractivity (Wildman–Crippen MR) is 99.4 cm³/mol. The maximum absolute atomic E-state index is 12.5. The van der Waals surface area contributed by atoms with Gasteiger partial charge >= 0.3 is 11.9 Å². The summed E-state index contributed by atoms with van der Waals surface area (Å²) in [7, 11) is 0. The Labute approximate surface area is 171 Å². The SMILES string of the molecule is CC(C)C(NC(=O)C(CC(N)=O)NC(=O)C(N)CO)C(=O)NC(CC(=O)O)C(=O)O. The second-order valence-electron chi connectivity index (χ2n) is 6.75. The van der Waals surface area contributed by atoms with E-state index in [4.69, 9.17) is 26.8 Å². The van der Waals surface area contributed by atoms with Gasteiger partial charge in [0.15, 0.2) is 0 Å². The fourth-order valence-electron chi connectivity index (χ4n) is 2.20. The van der Waals surface area contributed by atoms with Gasteiger partial charge in [-0.1, -0.05) is 13.8 Å². The summed E-state index contributed by atoms with van der Waals surface area (Å²) in [5.74, 6) is -7.51. The van der Waals surface area contributed by atoms with Crippen LogP contribution in [0, 0.1) is 5.92 Å². The van der Waals surface area contributed by atoms with Gasteiger partial charge in [0, 0.05) is 0 Å². The second kappa shape index (κ2) is 12.3. The highest BCUT2D eigenvalue weighted by molar-refractivity contribution is 5.96. The largest absolute Gasteiger partial charge is 0.481 e. The monoisotopic (exact) mass is 433 g/mol. The van der Waals surface area contributed by atoms with Crippen molar-refractivity contribution in [2.24, 2.45) is 17.4 Å². The Balaban J connectivity index is 5.42. The van der Waals surface area contributed by atoms with E-state index in [-0.39, 0.29) is 0 Å². The summed E-state index contributed by atoms with van der Waals surface area (Å²) < 4.78 is 0. The number of hydrogen-bond donors (Lipinski definition) is 8. The average Bonchev–Trinajstić information content (AvgIpc) is 2.62. The summed E-state index contributed by atoms with van der Waals surface area (Å²) in [5.41, 5.74) is 10.4. The van der Waals surface area contributed by atoms with Gasteiger partial charge in [-0.3, -0.25) is 24.0 Å². The molecule has 0 saturated carbocycles. The minimum Gasteiger partial charge on any atom is -0.481 e. The van der Waals surface area contributed by atoms with E-state index in [1.807, 2.05) is 5.32 Å². The topological polar surface area (TPSA) is 251 Å². The first-order valence-corrected chi connectivity index (χ1v) is 8.80. The van der Waals surface area contributed by atoms with Crippen molar-refractivity contribution in [1.29, 1.82) is 0 Å². The summed E-state index contributed by atoms with van der Waals surface area (Å²) >= 11 is 0. The van der Waals surface area contributed by atoms with Crippen LogP contribution in [0.25, 0.3) is 0 Å². The molecule has 30 heavy (non-hydrogen) atoms. The van der Waals surface area contributed by atoms with E-state index in [9.17, 15) is 28.8 Å². The van der Waals surface area contributed by atoms with Crippen LogP contribution in [0.4, 0.5) is 0 Å². The molecule has 0 bridgehead atoms. The van der Waals surface area contributed by atoms with Crippen LogP contribution in [-0.4, -0.2) is 81.7 Å². The van der Waals surface area contributed by atoms with E-state index in [0.717, 1.165) is 0 Å². The molecule has 0 saturated heterocycles. The number of carboxylic acids is 2. The van der Waals surface area contributed by atoms with E-state index in [0.29, 0.717) is 0 Å².